The molecule has 0 N–H and O–H groups in total. The lowest BCUT2D eigenvalue weighted by Crippen LogP contribution is -1.90. The maximum Gasteiger partial charge on any atom is 0.277 e. The summed E-state index contributed by atoms with van der Waals surface area (Å²) in [5.41, 5.74) is 5.76. The van der Waals surface area contributed by atoms with Crippen LogP contribution in [-0.2, 0) is 25.7 Å². The van der Waals surface area contributed by atoms with Crippen molar-refractivity contribution in [3.8, 4) is 0 Å². The second-order valence-electron chi connectivity index (χ2n) is 7.27. The van der Waals surface area contributed by atoms with Gasteiger partial charge in [-0.15, -0.1) is 0 Å². The highest BCUT2D eigenvalue weighted by atomic mass is 16.6. The molecule has 4 aromatic carbocycles. The molecular weight excluding hydrogens is 334 g/mol. The van der Waals surface area contributed by atoms with Gasteiger partial charge in [-0.3, -0.25) is 10.1 Å². The lowest BCUT2D eigenvalue weighted by Gasteiger charge is -2.01. The SMILES string of the molecule is O=[N+]([O-])c1ccc2c3c(cccc13)CC2.c1cc2c3c(cccc3c1)CC2. The highest BCUT2D eigenvalue weighted by Crippen LogP contribution is 2.35. The Morgan fingerprint density at radius 3 is 1.74 bits per heavy atom. The van der Waals surface area contributed by atoms with Crippen molar-refractivity contribution in [2.24, 2.45) is 0 Å². The predicted octanol–water partition coefficient (Wildman–Crippen LogP) is 5.79. The molecule has 6 rings (SSSR count). The third kappa shape index (κ3) is 2.58. The monoisotopic (exact) mass is 353 g/mol. The van der Waals surface area contributed by atoms with Crippen molar-refractivity contribution in [1.82, 2.24) is 0 Å². The van der Waals surface area contributed by atoms with Gasteiger partial charge in [0.1, 0.15) is 0 Å². The predicted molar refractivity (Wildman–Crippen MR) is 109 cm³/mol. The third-order valence-corrected chi connectivity index (χ3v) is 5.79. The van der Waals surface area contributed by atoms with Crippen LogP contribution in [0.5, 0.6) is 0 Å². The smallest absolute Gasteiger partial charge is 0.258 e. The van der Waals surface area contributed by atoms with Crippen LogP contribution in [0.1, 0.15) is 22.3 Å². The molecule has 2 aliphatic carbocycles. The molecule has 0 saturated heterocycles. The maximum absolute atomic E-state index is 10.9. The van der Waals surface area contributed by atoms with Gasteiger partial charge in [-0.25, -0.2) is 0 Å². The second kappa shape index (κ2) is 6.20. The molecule has 0 spiro atoms. The summed E-state index contributed by atoms with van der Waals surface area (Å²) in [4.78, 5) is 10.6. The highest BCUT2D eigenvalue weighted by molar-refractivity contribution is 5.97. The van der Waals surface area contributed by atoms with Crippen molar-refractivity contribution >= 4 is 27.2 Å². The lowest BCUT2D eigenvalue weighted by atomic mass is 10.0. The fourth-order valence-corrected chi connectivity index (χ4v) is 4.58. The molecule has 0 unspecified atom stereocenters. The van der Waals surface area contributed by atoms with Crippen molar-refractivity contribution < 1.29 is 4.92 Å². The molecular formula is C24H19NO2. The Bertz CT molecular complexity index is 1160. The molecule has 0 radical (unpaired) electrons. The summed E-state index contributed by atoms with van der Waals surface area (Å²) in [6, 6.07) is 22.5. The number of benzene rings is 4. The second-order valence-corrected chi connectivity index (χ2v) is 7.27. The zero-order valence-corrected chi connectivity index (χ0v) is 14.9. The van der Waals surface area contributed by atoms with Crippen molar-refractivity contribution in [2.45, 2.75) is 25.7 Å². The number of hydrogen-bond acceptors (Lipinski definition) is 2. The molecule has 0 heterocycles. The first kappa shape index (κ1) is 16.0. The van der Waals surface area contributed by atoms with Gasteiger partial charge in [-0.05, 0) is 70.2 Å². The number of hydrogen-bond donors (Lipinski definition) is 0. The highest BCUT2D eigenvalue weighted by Gasteiger charge is 2.20. The van der Waals surface area contributed by atoms with Gasteiger partial charge in [0.2, 0.25) is 0 Å². The summed E-state index contributed by atoms with van der Waals surface area (Å²) in [7, 11) is 0. The van der Waals surface area contributed by atoms with Crippen LogP contribution in [0.15, 0.2) is 66.7 Å². The number of aryl methyl sites for hydroxylation is 4. The molecule has 3 nitrogen and oxygen atoms in total. The van der Waals surface area contributed by atoms with Crippen LogP contribution < -0.4 is 0 Å². The molecule has 4 aromatic rings. The Balaban J connectivity index is 0.000000121. The van der Waals surface area contributed by atoms with Crippen LogP contribution in [0, 0.1) is 10.1 Å². The number of nitro benzene ring substituents is 1. The van der Waals surface area contributed by atoms with Gasteiger partial charge in [0.05, 0.1) is 10.3 Å². The summed E-state index contributed by atoms with van der Waals surface area (Å²) in [6.45, 7) is 0. The average Bonchev–Trinajstić information content (AvgIpc) is 3.30. The maximum atomic E-state index is 10.9. The number of rotatable bonds is 1. The van der Waals surface area contributed by atoms with Crippen molar-refractivity contribution in [3.05, 3.63) is 99.1 Å². The summed E-state index contributed by atoms with van der Waals surface area (Å²) in [6.07, 6.45) is 4.48. The summed E-state index contributed by atoms with van der Waals surface area (Å²) in [5, 5.41) is 15.7. The molecule has 3 heteroatoms. The largest absolute Gasteiger partial charge is 0.277 e. The van der Waals surface area contributed by atoms with Crippen LogP contribution in [0.25, 0.3) is 21.5 Å². The molecule has 0 fully saturated rings. The summed E-state index contributed by atoms with van der Waals surface area (Å²) in [5.74, 6) is 0. The minimum atomic E-state index is -0.304. The van der Waals surface area contributed by atoms with E-state index in [-0.39, 0.29) is 10.6 Å². The van der Waals surface area contributed by atoms with E-state index in [1.807, 2.05) is 18.2 Å². The van der Waals surface area contributed by atoms with Gasteiger partial charge in [0.25, 0.3) is 5.69 Å². The average molecular weight is 353 g/mol. The summed E-state index contributed by atoms with van der Waals surface area (Å²) < 4.78 is 0. The van der Waals surface area contributed by atoms with Gasteiger partial charge >= 0.3 is 0 Å². The zero-order chi connectivity index (χ0) is 18.4. The van der Waals surface area contributed by atoms with Crippen molar-refractivity contribution in [1.29, 1.82) is 0 Å². The fraction of sp³-hybridized carbons (Fsp3) is 0.167. The molecule has 0 atom stereocenters. The van der Waals surface area contributed by atoms with E-state index in [2.05, 4.69) is 42.5 Å². The van der Waals surface area contributed by atoms with Gasteiger partial charge < -0.3 is 0 Å². The van der Waals surface area contributed by atoms with Crippen LogP contribution in [-0.4, -0.2) is 4.92 Å². The van der Waals surface area contributed by atoms with Gasteiger partial charge in [-0.1, -0.05) is 54.6 Å². The third-order valence-electron chi connectivity index (χ3n) is 5.79. The number of nitro groups is 1. The van der Waals surface area contributed by atoms with Gasteiger partial charge in [0.15, 0.2) is 0 Å². The van der Waals surface area contributed by atoms with Crippen LogP contribution in [0.4, 0.5) is 5.69 Å². The Morgan fingerprint density at radius 2 is 1.15 bits per heavy atom. The quantitative estimate of drug-likeness (QED) is 0.321. The molecule has 27 heavy (non-hydrogen) atoms. The van der Waals surface area contributed by atoms with Crippen molar-refractivity contribution in [2.75, 3.05) is 0 Å². The van der Waals surface area contributed by atoms with Crippen LogP contribution in [0.3, 0.4) is 0 Å². The standard InChI is InChI=1S/C12H9NO2.C12H10/c14-13(15)11-7-6-9-5-4-8-2-1-3-10(11)12(8)9;1-3-9-4-2-6-11-8-7-10(5-1)12(9)11/h1-3,6-7H,4-5H2;1-6H,7-8H2. The van der Waals surface area contributed by atoms with E-state index in [0.29, 0.717) is 0 Å². The fourth-order valence-electron chi connectivity index (χ4n) is 4.58. The number of nitrogens with zero attached hydrogens (tertiary/aromatic N) is 1. The molecule has 132 valence electrons. The number of non-ortho nitro benzene ring substituents is 1. The van der Waals surface area contributed by atoms with Gasteiger partial charge in [-0.2, -0.15) is 0 Å². The van der Waals surface area contributed by atoms with Gasteiger partial charge in [0, 0.05) is 6.07 Å². The Labute approximate surface area is 157 Å². The first-order valence-corrected chi connectivity index (χ1v) is 9.40. The van der Waals surface area contributed by atoms with E-state index in [1.165, 1.54) is 45.9 Å². The van der Waals surface area contributed by atoms with E-state index in [0.717, 1.165) is 23.6 Å². The molecule has 0 saturated carbocycles. The normalized spacial score (nSPS) is 13.6. The Kier molecular flexibility index (Phi) is 3.68. The van der Waals surface area contributed by atoms with Crippen LogP contribution in [0.2, 0.25) is 0 Å². The van der Waals surface area contributed by atoms with E-state index < -0.39 is 0 Å². The first-order valence-electron chi connectivity index (χ1n) is 9.40. The Morgan fingerprint density at radius 1 is 0.630 bits per heavy atom. The first-order chi connectivity index (χ1) is 13.2. The van der Waals surface area contributed by atoms with Crippen molar-refractivity contribution in [3.63, 3.8) is 0 Å². The minimum Gasteiger partial charge on any atom is -0.258 e. The van der Waals surface area contributed by atoms with E-state index >= 15 is 0 Å². The molecule has 2 aliphatic rings. The van der Waals surface area contributed by atoms with E-state index in [4.69, 9.17) is 0 Å². The van der Waals surface area contributed by atoms with E-state index in [9.17, 15) is 10.1 Å². The molecule has 0 aromatic heterocycles. The van der Waals surface area contributed by atoms with Crippen LogP contribution >= 0.6 is 0 Å². The molecule has 0 amide bonds. The lowest BCUT2D eigenvalue weighted by molar-refractivity contribution is -0.383. The Hall–Kier alpha value is -3.20. The summed E-state index contributed by atoms with van der Waals surface area (Å²) >= 11 is 0. The topological polar surface area (TPSA) is 43.1 Å². The van der Waals surface area contributed by atoms with E-state index in [1.54, 1.807) is 6.07 Å². The molecule has 0 aliphatic heterocycles. The minimum absolute atomic E-state index is 0.220. The molecule has 0 bridgehead atoms. The zero-order valence-electron chi connectivity index (χ0n) is 14.9.